The summed E-state index contributed by atoms with van der Waals surface area (Å²) in [6, 6.07) is 0.134. The molecule has 1 atom stereocenters. The maximum atomic E-state index is 13.1. The lowest BCUT2D eigenvalue weighted by Gasteiger charge is -2.44. The number of likely N-dealkylation sites (tertiary alicyclic amines) is 1. The highest BCUT2D eigenvalue weighted by Crippen LogP contribution is 2.43. The number of halogens is 2. The van der Waals surface area contributed by atoms with Gasteiger partial charge in [0.25, 0.3) is 0 Å². The van der Waals surface area contributed by atoms with Crippen LogP contribution in [0.4, 0.5) is 5.13 Å². The van der Waals surface area contributed by atoms with Crippen molar-refractivity contribution < 1.29 is 9.59 Å². The fourth-order valence-electron chi connectivity index (χ4n) is 4.53. The molecule has 3 N–H and O–H groups in total. The molecule has 2 amide bonds. The second kappa shape index (κ2) is 10.9. The van der Waals surface area contributed by atoms with Crippen LogP contribution in [0.5, 0.6) is 0 Å². The number of nitrogens with one attached hydrogen (secondary N) is 1. The highest BCUT2D eigenvalue weighted by molar-refractivity contribution is 7.13. The summed E-state index contributed by atoms with van der Waals surface area (Å²) in [6.07, 6.45) is 8.65. The largest absolute Gasteiger partial charge is 0.342 e. The lowest BCUT2D eigenvalue weighted by Crippen LogP contribution is -2.54. The Labute approximate surface area is 190 Å². The van der Waals surface area contributed by atoms with Gasteiger partial charge in [-0.1, -0.05) is 33.1 Å². The molecular weight excluding hydrogens is 431 g/mol. The average Bonchev–Trinajstić information content (AvgIpc) is 3.10. The Morgan fingerprint density at radius 1 is 1.24 bits per heavy atom. The molecule has 6 nitrogen and oxygen atoms in total. The maximum absolute atomic E-state index is 13.1. The van der Waals surface area contributed by atoms with Gasteiger partial charge in [0.2, 0.25) is 11.8 Å². The van der Waals surface area contributed by atoms with Crippen LogP contribution in [0.1, 0.15) is 65.2 Å². The number of carbonyl (C=O) groups is 2. The van der Waals surface area contributed by atoms with Crippen LogP contribution in [-0.2, 0) is 9.59 Å². The van der Waals surface area contributed by atoms with Gasteiger partial charge in [0.05, 0.1) is 0 Å². The Hall–Kier alpha value is -0.890. The summed E-state index contributed by atoms with van der Waals surface area (Å²) >= 11 is 1.42. The molecule has 2 heterocycles. The van der Waals surface area contributed by atoms with Gasteiger partial charge in [-0.05, 0) is 30.1 Å². The Morgan fingerprint density at radius 3 is 2.52 bits per heavy atom. The standard InChI is InChI=1S/C20H32N4O2S.2ClH/c1-19(2)14-24(10-6-15(19)21)17(26)13-20(7-4-3-5-8-20)12-16(25)23-18-22-9-11-27-18;;/h9,11,15H,3-8,10,12-14,21H2,1-2H3,(H,22,23,25);2*1H. The third-order valence-electron chi connectivity index (χ3n) is 6.32. The lowest BCUT2D eigenvalue weighted by molar-refractivity contribution is -0.138. The van der Waals surface area contributed by atoms with Gasteiger partial charge in [-0.25, -0.2) is 4.98 Å². The van der Waals surface area contributed by atoms with Crippen LogP contribution in [-0.4, -0.2) is 40.8 Å². The van der Waals surface area contributed by atoms with Crippen LogP contribution >= 0.6 is 36.2 Å². The van der Waals surface area contributed by atoms with Crippen LogP contribution < -0.4 is 11.1 Å². The van der Waals surface area contributed by atoms with Gasteiger partial charge in [0.1, 0.15) is 0 Å². The van der Waals surface area contributed by atoms with Crippen molar-refractivity contribution in [2.24, 2.45) is 16.6 Å². The number of rotatable bonds is 5. The number of nitrogens with zero attached hydrogens (tertiary/aromatic N) is 2. The minimum atomic E-state index is -0.222. The molecule has 1 aliphatic carbocycles. The molecule has 0 radical (unpaired) electrons. The average molecular weight is 465 g/mol. The molecule has 0 spiro atoms. The number of thiazole rings is 1. The van der Waals surface area contributed by atoms with Gasteiger partial charge in [-0.15, -0.1) is 36.2 Å². The third-order valence-corrected chi connectivity index (χ3v) is 7.01. The quantitative estimate of drug-likeness (QED) is 0.681. The molecule has 2 aliphatic rings. The summed E-state index contributed by atoms with van der Waals surface area (Å²) in [7, 11) is 0. The molecule has 2 fully saturated rings. The normalized spacial score (nSPS) is 22.7. The first kappa shape index (κ1) is 26.1. The van der Waals surface area contributed by atoms with Gasteiger partial charge < -0.3 is 16.0 Å². The lowest BCUT2D eigenvalue weighted by atomic mass is 9.69. The van der Waals surface area contributed by atoms with Crippen molar-refractivity contribution in [1.82, 2.24) is 9.88 Å². The highest BCUT2D eigenvalue weighted by atomic mass is 35.5. The van der Waals surface area contributed by atoms with Crippen LogP contribution in [0.3, 0.4) is 0 Å². The molecule has 1 saturated carbocycles. The Kier molecular flexibility index (Phi) is 9.86. The highest BCUT2D eigenvalue weighted by Gasteiger charge is 2.40. The van der Waals surface area contributed by atoms with E-state index in [4.69, 9.17) is 5.73 Å². The van der Waals surface area contributed by atoms with Crippen molar-refractivity contribution in [2.75, 3.05) is 18.4 Å². The molecule has 1 aromatic rings. The Morgan fingerprint density at radius 2 is 1.93 bits per heavy atom. The number of hydrogen-bond donors (Lipinski definition) is 2. The first-order valence-electron chi connectivity index (χ1n) is 10.0. The molecule has 3 rings (SSSR count). The molecular formula is C20H34Cl2N4O2S. The second-order valence-corrected chi connectivity index (χ2v) is 9.89. The van der Waals surface area contributed by atoms with Crippen molar-refractivity contribution >= 4 is 53.1 Å². The molecule has 9 heteroatoms. The first-order valence-corrected chi connectivity index (χ1v) is 10.9. The van der Waals surface area contributed by atoms with E-state index in [2.05, 4.69) is 24.1 Å². The minimum absolute atomic E-state index is 0. The third kappa shape index (κ3) is 6.81. The second-order valence-electron chi connectivity index (χ2n) is 9.00. The van der Waals surface area contributed by atoms with E-state index in [1.807, 2.05) is 10.3 Å². The molecule has 0 bridgehead atoms. The minimum Gasteiger partial charge on any atom is -0.342 e. The van der Waals surface area contributed by atoms with E-state index in [-0.39, 0.29) is 53.5 Å². The number of hydrogen-bond acceptors (Lipinski definition) is 5. The maximum Gasteiger partial charge on any atom is 0.226 e. The summed E-state index contributed by atoms with van der Waals surface area (Å²) in [5.41, 5.74) is 5.94. The smallest absolute Gasteiger partial charge is 0.226 e. The van der Waals surface area contributed by atoms with Crippen molar-refractivity contribution in [3.8, 4) is 0 Å². The summed E-state index contributed by atoms with van der Waals surface area (Å²) < 4.78 is 0. The molecule has 166 valence electrons. The van der Waals surface area contributed by atoms with Gasteiger partial charge in [0, 0.05) is 43.5 Å². The number of piperidine rings is 1. The molecule has 1 aromatic heterocycles. The number of carbonyl (C=O) groups excluding carboxylic acids is 2. The zero-order valence-electron chi connectivity index (χ0n) is 17.3. The van der Waals surface area contributed by atoms with Crippen LogP contribution in [0.25, 0.3) is 0 Å². The molecule has 1 unspecified atom stereocenters. The number of aromatic nitrogens is 1. The van der Waals surface area contributed by atoms with Crippen LogP contribution in [0.2, 0.25) is 0 Å². The fraction of sp³-hybridized carbons (Fsp3) is 0.750. The predicted molar refractivity (Wildman–Crippen MR) is 123 cm³/mol. The SMILES string of the molecule is CC1(C)CN(C(=O)CC2(CC(=O)Nc3nccs3)CCCCC2)CCC1N.Cl.Cl. The summed E-state index contributed by atoms with van der Waals surface area (Å²) in [5, 5.41) is 5.37. The van der Waals surface area contributed by atoms with Gasteiger partial charge in [0.15, 0.2) is 5.13 Å². The number of nitrogens with two attached hydrogens (primary N) is 1. The fourth-order valence-corrected chi connectivity index (χ4v) is 5.07. The molecule has 29 heavy (non-hydrogen) atoms. The van der Waals surface area contributed by atoms with Crippen LogP contribution in [0, 0.1) is 10.8 Å². The van der Waals surface area contributed by atoms with Gasteiger partial charge in [-0.2, -0.15) is 0 Å². The van der Waals surface area contributed by atoms with Crippen molar-refractivity contribution in [2.45, 2.75) is 71.3 Å². The van der Waals surface area contributed by atoms with E-state index in [9.17, 15) is 9.59 Å². The molecule has 0 aromatic carbocycles. The Bertz CT molecular complexity index is 663. The van der Waals surface area contributed by atoms with E-state index >= 15 is 0 Å². The summed E-state index contributed by atoms with van der Waals surface area (Å²) in [4.78, 5) is 31.8. The van der Waals surface area contributed by atoms with E-state index in [1.165, 1.54) is 17.8 Å². The molecule has 1 aliphatic heterocycles. The van der Waals surface area contributed by atoms with Crippen molar-refractivity contribution in [3.05, 3.63) is 11.6 Å². The number of anilines is 1. The first-order chi connectivity index (χ1) is 12.8. The van der Waals surface area contributed by atoms with E-state index in [0.29, 0.717) is 24.5 Å². The van der Waals surface area contributed by atoms with E-state index in [0.717, 1.165) is 38.6 Å². The van der Waals surface area contributed by atoms with E-state index < -0.39 is 0 Å². The topological polar surface area (TPSA) is 88.3 Å². The Balaban J connectivity index is 0.00000210. The predicted octanol–water partition coefficient (Wildman–Crippen LogP) is 4.24. The van der Waals surface area contributed by atoms with E-state index in [1.54, 1.807) is 6.20 Å². The number of amides is 2. The van der Waals surface area contributed by atoms with Gasteiger partial charge in [-0.3, -0.25) is 9.59 Å². The van der Waals surface area contributed by atoms with Crippen molar-refractivity contribution in [3.63, 3.8) is 0 Å². The summed E-state index contributed by atoms with van der Waals surface area (Å²) in [5.74, 6) is 0.152. The van der Waals surface area contributed by atoms with Crippen molar-refractivity contribution in [1.29, 1.82) is 0 Å². The van der Waals surface area contributed by atoms with Gasteiger partial charge >= 0.3 is 0 Å². The summed E-state index contributed by atoms with van der Waals surface area (Å²) in [6.45, 7) is 5.70. The zero-order chi connectivity index (χ0) is 19.5. The monoisotopic (exact) mass is 464 g/mol. The molecule has 1 saturated heterocycles. The zero-order valence-corrected chi connectivity index (χ0v) is 19.8. The van der Waals surface area contributed by atoms with Crippen LogP contribution in [0.15, 0.2) is 11.6 Å².